The van der Waals surface area contributed by atoms with Crippen LogP contribution >= 0.6 is 0 Å². The van der Waals surface area contributed by atoms with Crippen molar-refractivity contribution in [1.82, 2.24) is 10.2 Å². The number of nitrogens with one attached hydrogen (secondary N) is 1. The van der Waals surface area contributed by atoms with Crippen molar-refractivity contribution in [2.24, 2.45) is 0 Å². The highest BCUT2D eigenvalue weighted by atomic mass is 16.3. The largest absolute Gasteiger partial charge is 0.504 e. The van der Waals surface area contributed by atoms with Crippen LogP contribution in [0.4, 0.5) is 4.79 Å². The van der Waals surface area contributed by atoms with Gasteiger partial charge in [-0.2, -0.15) is 0 Å². The molecule has 0 unspecified atom stereocenters. The minimum Gasteiger partial charge on any atom is -0.504 e. The maximum atomic E-state index is 12.2. The number of phenolic OH excluding ortho intramolecular Hbond substituents is 2. The lowest BCUT2D eigenvalue weighted by atomic mass is 9.87. The first-order valence-electron chi connectivity index (χ1n) is 5.55. The Morgan fingerprint density at radius 3 is 2.39 bits per heavy atom. The number of rotatable bonds is 2. The summed E-state index contributed by atoms with van der Waals surface area (Å²) in [7, 11) is 1.40. The lowest BCUT2D eigenvalue weighted by Gasteiger charge is -2.25. The van der Waals surface area contributed by atoms with E-state index in [1.807, 2.05) is 0 Å². The Morgan fingerprint density at radius 2 is 1.94 bits per heavy atom. The van der Waals surface area contributed by atoms with Crippen molar-refractivity contribution in [2.75, 3.05) is 7.05 Å². The van der Waals surface area contributed by atoms with E-state index >= 15 is 0 Å². The van der Waals surface area contributed by atoms with E-state index < -0.39 is 11.6 Å². The Bertz CT molecular complexity index is 529. The van der Waals surface area contributed by atoms with Crippen LogP contribution in [0.5, 0.6) is 11.5 Å². The van der Waals surface area contributed by atoms with Crippen LogP contribution < -0.4 is 5.32 Å². The van der Waals surface area contributed by atoms with E-state index in [4.69, 9.17) is 0 Å². The van der Waals surface area contributed by atoms with Crippen LogP contribution in [-0.4, -0.2) is 34.1 Å². The van der Waals surface area contributed by atoms with Crippen LogP contribution in [-0.2, 0) is 10.3 Å². The molecule has 0 spiro atoms. The number of carbonyl (C=O) groups is 2. The van der Waals surface area contributed by atoms with Gasteiger partial charge in [0, 0.05) is 7.05 Å². The molecule has 0 radical (unpaired) electrons. The van der Waals surface area contributed by atoms with Gasteiger partial charge < -0.3 is 15.5 Å². The number of imide groups is 1. The van der Waals surface area contributed by atoms with Crippen molar-refractivity contribution in [3.63, 3.8) is 0 Å². The quantitative estimate of drug-likeness (QED) is 0.537. The predicted octanol–water partition coefficient (Wildman–Crippen LogP) is 0.885. The summed E-state index contributed by atoms with van der Waals surface area (Å²) in [5.74, 6) is -0.966. The highest BCUT2D eigenvalue weighted by Crippen LogP contribution is 2.36. The number of likely N-dealkylation sites (N-methyl/N-ethyl adjacent to an activating group) is 1. The molecule has 1 atom stereocenters. The first-order valence-corrected chi connectivity index (χ1v) is 5.55. The maximum absolute atomic E-state index is 12.2. The normalized spacial score (nSPS) is 23.3. The van der Waals surface area contributed by atoms with Gasteiger partial charge in [-0.15, -0.1) is 0 Å². The predicted molar refractivity (Wildman–Crippen MR) is 63.0 cm³/mol. The fraction of sp³-hybridized carbons (Fsp3) is 0.333. The Labute approximate surface area is 104 Å². The molecule has 3 amide bonds. The maximum Gasteiger partial charge on any atom is 0.325 e. The molecule has 1 heterocycles. The van der Waals surface area contributed by atoms with Crippen LogP contribution in [0.2, 0.25) is 0 Å². The number of nitrogens with zero attached hydrogens (tertiary/aromatic N) is 1. The van der Waals surface area contributed by atoms with Gasteiger partial charge in [0.2, 0.25) is 0 Å². The van der Waals surface area contributed by atoms with E-state index in [1.165, 1.54) is 25.2 Å². The smallest absolute Gasteiger partial charge is 0.325 e. The second kappa shape index (κ2) is 3.90. The highest BCUT2D eigenvalue weighted by Gasteiger charge is 2.49. The topological polar surface area (TPSA) is 89.9 Å². The molecule has 3 N–H and O–H groups in total. The van der Waals surface area contributed by atoms with Crippen molar-refractivity contribution in [3.05, 3.63) is 23.8 Å². The minimum absolute atomic E-state index is 0.268. The number of hydrogen-bond acceptors (Lipinski definition) is 4. The third-order valence-electron chi connectivity index (χ3n) is 3.29. The standard InChI is InChI=1S/C12H14N2O4/c1-3-12(10(17)14(2)11(18)13-12)7-4-5-8(15)9(16)6-7/h4-6,15-16H,3H2,1-2H3,(H,13,18)/t12-/m1/s1. The second-order valence-corrected chi connectivity index (χ2v) is 4.26. The lowest BCUT2D eigenvalue weighted by molar-refractivity contribution is -0.130. The van der Waals surface area contributed by atoms with Gasteiger partial charge in [-0.25, -0.2) is 4.79 Å². The van der Waals surface area contributed by atoms with E-state index in [1.54, 1.807) is 6.92 Å². The summed E-state index contributed by atoms with van der Waals surface area (Å²) in [5, 5.41) is 21.4. The molecular weight excluding hydrogens is 236 g/mol. The molecule has 1 fully saturated rings. The molecule has 1 saturated heterocycles. The summed E-state index contributed by atoms with van der Waals surface area (Å²) in [6.07, 6.45) is 0.353. The molecular formula is C12H14N2O4. The highest BCUT2D eigenvalue weighted by molar-refractivity contribution is 6.07. The molecule has 0 bridgehead atoms. The van der Waals surface area contributed by atoms with E-state index in [9.17, 15) is 19.8 Å². The zero-order valence-electron chi connectivity index (χ0n) is 10.1. The van der Waals surface area contributed by atoms with Gasteiger partial charge in [0.05, 0.1) is 0 Å². The van der Waals surface area contributed by atoms with Crippen LogP contribution in [0.15, 0.2) is 18.2 Å². The molecule has 1 aliphatic heterocycles. The lowest BCUT2D eigenvalue weighted by Crippen LogP contribution is -2.43. The van der Waals surface area contributed by atoms with Crippen molar-refractivity contribution in [3.8, 4) is 11.5 Å². The third-order valence-corrected chi connectivity index (χ3v) is 3.29. The first kappa shape index (κ1) is 12.2. The van der Waals surface area contributed by atoms with Crippen LogP contribution in [0.1, 0.15) is 18.9 Å². The van der Waals surface area contributed by atoms with Gasteiger partial charge in [0.1, 0.15) is 5.54 Å². The molecule has 0 saturated carbocycles. The third kappa shape index (κ3) is 1.49. The van der Waals surface area contributed by atoms with Crippen LogP contribution in [0.3, 0.4) is 0 Å². The molecule has 0 aromatic heterocycles. The van der Waals surface area contributed by atoms with Gasteiger partial charge in [0.25, 0.3) is 5.91 Å². The average Bonchev–Trinajstić information content (AvgIpc) is 2.58. The molecule has 96 valence electrons. The number of aromatic hydroxyl groups is 2. The molecule has 1 aromatic carbocycles. The van der Waals surface area contributed by atoms with Gasteiger partial charge in [-0.3, -0.25) is 9.69 Å². The minimum atomic E-state index is -1.17. The average molecular weight is 250 g/mol. The van der Waals surface area contributed by atoms with Crippen molar-refractivity contribution < 1.29 is 19.8 Å². The second-order valence-electron chi connectivity index (χ2n) is 4.26. The van der Waals surface area contributed by atoms with Gasteiger partial charge >= 0.3 is 6.03 Å². The van der Waals surface area contributed by atoms with Gasteiger partial charge in [-0.1, -0.05) is 13.0 Å². The van der Waals surface area contributed by atoms with Gasteiger partial charge in [0.15, 0.2) is 11.5 Å². The van der Waals surface area contributed by atoms with Crippen LogP contribution in [0.25, 0.3) is 0 Å². The molecule has 18 heavy (non-hydrogen) atoms. The number of amides is 3. The summed E-state index contributed by atoms with van der Waals surface area (Å²) in [6, 6.07) is 3.61. The summed E-state index contributed by atoms with van der Waals surface area (Å²) >= 11 is 0. The molecule has 0 aliphatic carbocycles. The number of benzene rings is 1. The zero-order valence-corrected chi connectivity index (χ0v) is 10.1. The van der Waals surface area contributed by atoms with Crippen molar-refractivity contribution in [1.29, 1.82) is 0 Å². The fourth-order valence-electron chi connectivity index (χ4n) is 2.13. The first-order chi connectivity index (χ1) is 8.42. The molecule has 6 heteroatoms. The number of phenols is 2. The van der Waals surface area contributed by atoms with Gasteiger partial charge in [-0.05, 0) is 24.1 Å². The Hall–Kier alpha value is -2.24. The number of carbonyl (C=O) groups excluding carboxylic acids is 2. The van der Waals surface area contributed by atoms with E-state index in [-0.39, 0.29) is 17.4 Å². The van der Waals surface area contributed by atoms with Crippen LogP contribution in [0, 0.1) is 0 Å². The molecule has 1 aromatic rings. The van der Waals surface area contributed by atoms with E-state index in [2.05, 4.69) is 5.32 Å². The summed E-state index contributed by atoms with van der Waals surface area (Å²) < 4.78 is 0. The van der Waals surface area contributed by atoms with Crippen molar-refractivity contribution >= 4 is 11.9 Å². The monoisotopic (exact) mass is 250 g/mol. The molecule has 1 aliphatic rings. The Morgan fingerprint density at radius 1 is 1.28 bits per heavy atom. The van der Waals surface area contributed by atoms with Crippen molar-refractivity contribution in [2.45, 2.75) is 18.9 Å². The SMILES string of the molecule is CC[C@]1(c2ccc(O)c(O)c2)NC(=O)N(C)C1=O. The summed E-state index contributed by atoms with van der Waals surface area (Å²) in [5.41, 5.74) is -0.722. The molecule has 6 nitrogen and oxygen atoms in total. The zero-order chi connectivity index (χ0) is 13.5. The Kier molecular flexibility index (Phi) is 2.65. The summed E-state index contributed by atoms with van der Waals surface area (Å²) in [6.45, 7) is 1.77. The number of urea groups is 1. The van der Waals surface area contributed by atoms with E-state index in [0.29, 0.717) is 12.0 Å². The number of hydrogen-bond donors (Lipinski definition) is 3. The summed E-state index contributed by atoms with van der Waals surface area (Å²) in [4.78, 5) is 24.7. The molecule has 2 rings (SSSR count). The fourth-order valence-corrected chi connectivity index (χ4v) is 2.13. The Balaban J connectivity index is 2.54. The van der Waals surface area contributed by atoms with E-state index in [0.717, 1.165) is 4.90 Å².